The summed E-state index contributed by atoms with van der Waals surface area (Å²) in [6.45, 7) is 8.59. The first kappa shape index (κ1) is 14.8. The first-order chi connectivity index (χ1) is 8.91. The van der Waals surface area contributed by atoms with Gasteiger partial charge in [0, 0.05) is 11.6 Å². The summed E-state index contributed by atoms with van der Waals surface area (Å²) in [5.41, 5.74) is -0.441. The molecule has 0 aromatic rings. The topological polar surface area (TPSA) is 52.6 Å². The Labute approximate surface area is 116 Å². The zero-order valence-electron chi connectivity index (χ0n) is 12.5. The van der Waals surface area contributed by atoms with E-state index in [1.165, 1.54) is 12.8 Å². The van der Waals surface area contributed by atoms with Crippen molar-refractivity contribution in [3.8, 4) is 0 Å². The number of hydrogen-bond donors (Lipinski definition) is 2. The summed E-state index contributed by atoms with van der Waals surface area (Å²) < 4.78 is 0. The molecule has 2 rings (SSSR count). The Morgan fingerprint density at radius 2 is 2.16 bits per heavy atom. The van der Waals surface area contributed by atoms with Crippen LogP contribution in [0.3, 0.4) is 0 Å². The number of aliphatic carboxylic acids is 1. The number of rotatable bonds is 5. The molecule has 19 heavy (non-hydrogen) atoms. The van der Waals surface area contributed by atoms with Gasteiger partial charge in [-0.2, -0.15) is 0 Å². The minimum absolute atomic E-state index is 0.240. The predicted octanol–water partition coefficient (Wildman–Crippen LogP) is 2.24. The van der Waals surface area contributed by atoms with E-state index in [1.807, 2.05) is 0 Å². The Bertz CT molecular complexity index is 343. The van der Waals surface area contributed by atoms with Crippen LogP contribution in [0.5, 0.6) is 0 Å². The lowest BCUT2D eigenvalue weighted by Gasteiger charge is -2.37. The molecule has 2 fully saturated rings. The largest absolute Gasteiger partial charge is 0.480 e. The van der Waals surface area contributed by atoms with E-state index in [4.69, 9.17) is 0 Å². The highest BCUT2D eigenvalue weighted by atomic mass is 16.4. The van der Waals surface area contributed by atoms with Crippen LogP contribution in [0, 0.1) is 0 Å². The molecule has 0 bridgehead atoms. The summed E-state index contributed by atoms with van der Waals surface area (Å²) in [6.07, 6.45) is 5.98. The third-order valence-corrected chi connectivity index (χ3v) is 5.02. The molecule has 0 radical (unpaired) electrons. The summed E-state index contributed by atoms with van der Waals surface area (Å²) in [5.74, 6) is -0.666. The van der Waals surface area contributed by atoms with Crippen LogP contribution in [0.1, 0.15) is 59.3 Å². The van der Waals surface area contributed by atoms with Crippen LogP contribution in [0.25, 0.3) is 0 Å². The number of hydrogen-bond acceptors (Lipinski definition) is 3. The number of nitrogens with zero attached hydrogens (tertiary/aromatic N) is 1. The van der Waals surface area contributed by atoms with E-state index < -0.39 is 11.5 Å². The summed E-state index contributed by atoms with van der Waals surface area (Å²) in [6, 6.07) is 0.429. The van der Waals surface area contributed by atoms with Crippen molar-refractivity contribution in [3.05, 3.63) is 0 Å². The van der Waals surface area contributed by atoms with Crippen LogP contribution in [0.2, 0.25) is 0 Å². The van der Waals surface area contributed by atoms with Crippen molar-refractivity contribution in [1.82, 2.24) is 10.2 Å². The predicted molar refractivity (Wildman–Crippen MR) is 76.3 cm³/mol. The molecule has 0 spiro atoms. The van der Waals surface area contributed by atoms with E-state index in [-0.39, 0.29) is 5.54 Å². The van der Waals surface area contributed by atoms with Crippen LogP contribution < -0.4 is 5.32 Å². The Hall–Kier alpha value is -0.610. The van der Waals surface area contributed by atoms with Crippen molar-refractivity contribution in [3.63, 3.8) is 0 Å². The summed E-state index contributed by atoms with van der Waals surface area (Å²) in [7, 11) is 0. The van der Waals surface area contributed by atoms with Gasteiger partial charge in [-0.3, -0.25) is 9.69 Å². The van der Waals surface area contributed by atoms with Gasteiger partial charge in [0.1, 0.15) is 5.54 Å². The fourth-order valence-electron chi connectivity index (χ4n) is 3.89. The normalized spacial score (nSPS) is 34.8. The third kappa shape index (κ3) is 2.79. The molecule has 4 nitrogen and oxygen atoms in total. The van der Waals surface area contributed by atoms with Gasteiger partial charge < -0.3 is 10.4 Å². The lowest BCUT2D eigenvalue weighted by molar-refractivity contribution is -0.144. The zero-order chi connectivity index (χ0) is 14.1. The van der Waals surface area contributed by atoms with E-state index in [0.717, 1.165) is 38.8 Å². The fourth-order valence-corrected chi connectivity index (χ4v) is 3.89. The highest BCUT2D eigenvalue weighted by Crippen LogP contribution is 2.40. The molecule has 0 aromatic heterocycles. The van der Waals surface area contributed by atoms with Crippen molar-refractivity contribution < 1.29 is 9.90 Å². The van der Waals surface area contributed by atoms with E-state index in [0.29, 0.717) is 6.04 Å². The zero-order valence-corrected chi connectivity index (χ0v) is 12.5. The van der Waals surface area contributed by atoms with Gasteiger partial charge in [-0.15, -0.1) is 0 Å². The van der Waals surface area contributed by atoms with Crippen molar-refractivity contribution in [2.45, 2.75) is 76.4 Å². The maximum atomic E-state index is 11.7. The molecule has 2 atom stereocenters. The second-order valence-electron chi connectivity index (χ2n) is 6.82. The maximum absolute atomic E-state index is 11.7. The van der Waals surface area contributed by atoms with Crippen LogP contribution in [-0.4, -0.2) is 46.2 Å². The number of carboxylic acids is 1. The molecule has 2 aliphatic rings. The van der Waals surface area contributed by atoms with Crippen molar-refractivity contribution >= 4 is 5.97 Å². The molecule has 2 N–H and O–H groups in total. The molecule has 0 amide bonds. The quantitative estimate of drug-likeness (QED) is 0.803. The number of carbonyl (C=O) groups is 1. The monoisotopic (exact) mass is 268 g/mol. The lowest BCUT2D eigenvalue weighted by atomic mass is 9.95. The van der Waals surface area contributed by atoms with Gasteiger partial charge >= 0.3 is 5.97 Å². The molecule has 2 unspecified atom stereocenters. The second kappa shape index (κ2) is 5.41. The maximum Gasteiger partial charge on any atom is 0.323 e. The Morgan fingerprint density at radius 3 is 2.68 bits per heavy atom. The average Bonchev–Trinajstić information content (AvgIpc) is 2.90. The van der Waals surface area contributed by atoms with Crippen molar-refractivity contribution in [1.29, 1.82) is 0 Å². The molecule has 1 aliphatic heterocycles. The molecular weight excluding hydrogens is 240 g/mol. The molecule has 1 saturated carbocycles. The van der Waals surface area contributed by atoms with Gasteiger partial charge in [-0.25, -0.2) is 0 Å². The van der Waals surface area contributed by atoms with Gasteiger partial charge in [-0.1, -0.05) is 6.92 Å². The standard InChI is InChI=1S/C15H28N2O2/c1-4-9-16-15(13(18)19)8-6-12(11-15)17-10-5-7-14(17,2)3/h12,16H,4-11H2,1-3H3,(H,18,19). The van der Waals surface area contributed by atoms with Crippen LogP contribution in [-0.2, 0) is 4.79 Å². The summed E-state index contributed by atoms with van der Waals surface area (Å²) in [4.78, 5) is 14.2. The molecule has 1 aliphatic carbocycles. The number of carboxylic acid groups (broad SMARTS) is 1. The molecule has 110 valence electrons. The van der Waals surface area contributed by atoms with Crippen molar-refractivity contribution in [2.24, 2.45) is 0 Å². The van der Waals surface area contributed by atoms with Crippen LogP contribution in [0.4, 0.5) is 0 Å². The Morgan fingerprint density at radius 1 is 1.42 bits per heavy atom. The first-order valence-electron chi connectivity index (χ1n) is 7.66. The van der Waals surface area contributed by atoms with Gasteiger partial charge in [0.2, 0.25) is 0 Å². The lowest BCUT2D eigenvalue weighted by Crippen LogP contribution is -2.52. The molecule has 1 saturated heterocycles. The number of nitrogens with one attached hydrogen (secondary N) is 1. The molecule has 4 heteroatoms. The smallest absolute Gasteiger partial charge is 0.323 e. The highest BCUT2D eigenvalue weighted by molar-refractivity contribution is 5.79. The number of likely N-dealkylation sites (tertiary alicyclic amines) is 1. The Kier molecular flexibility index (Phi) is 4.21. The van der Waals surface area contributed by atoms with Gasteiger partial charge in [-0.05, 0) is 65.5 Å². The fraction of sp³-hybridized carbons (Fsp3) is 0.933. The van der Waals surface area contributed by atoms with E-state index in [2.05, 4.69) is 31.0 Å². The first-order valence-corrected chi connectivity index (χ1v) is 7.66. The second-order valence-corrected chi connectivity index (χ2v) is 6.82. The van der Waals surface area contributed by atoms with Gasteiger partial charge in [0.25, 0.3) is 0 Å². The van der Waals surface area contributed by atoms with Gasteiger partial charge in [0.15, 0.2) is 0 Å². The third-order valence-electron chi connectivity index (χ3n) is 5.02. The SMILES string of the molecule is CCCNC1(C(=O)O)CCC(N2CCCC2(C)C)C1. The molecule has 0 aromatic carbocycles. The Balaban J connectivity index is 2.06. The van der Waals surface area contributed by atoms with Crippen molar-refractivity contribution in [2.75, 3.05) is 13.1 Å². The molecule has 1 heterocycles. The van der Waals surface area contributed by atoms with E-state index in [1.54, 1.807) is 0 Å². The average molecular weight is 268 g/mol. The highest BCUT2D eigenvalue weighted by Gasteiger charge is 2.49. The van der Waals surface area contributed by atoms with Crippen LogP contribution in [0.15, 0.2) is 0 Å². The van der Waals surface area contributed by atoms with E-state index >= 15 is 0 Å². The van der Waals surface area contributed by atoms with E-state index in [9.17, 15) is 9.90 Å². The van der Waals surface area contributed by atoms with Gasteiger partial charge in [0.05, 0.1) is 0 Å². The minimum atomic E-state index is -0.681. The summed E-state index contributed by atoms with van der Waals surface area (Å²) in [5, 5.41) is 12.9. The van der Waals surface area contributed by atoms with Crippen LogP contribution >= 0.6 is 0 Å². The molecular formula is C15H28N2O2. The summed E-state index contributed by atoms with van der Waals surface area (Å²) >= 11 is 0. The minimum Gasteiger partial charge on any atom is -0.480 e.